The van der Waals surface area contributed by atoms with Gasteiger partial charge in [0.15, 0.2) is 11.9 Å². The van der Waals surface area contributed by atoms with Gasteiger partial charge in [-0.15, -0.1) is 0 Å². The van der Waals surface area contributed by atoms with Gasteiger partial charge >= 0.3 is 6.18 Å². The van der Waals surface area contributed by atoms with Crippen molar-refractivity contribution in [1.82, 2.24) is 0 Å². The Morgan fingerprint density at radius 3 is 2.56 bits per heavy atom. The van der Waals surface area contributed by atoms with Crippen molar-refractivity contribution in [2.45, 2.75) is 19.2 Å². The molecule has 0 spiro atoms. The topological polar surface area (TPSA) is 26.3 Å². The quantitative estimate of drug-likeness (QED) is 0.781. The van der Waals surface area contributed by atoms with Crippen molar-refractivity contribution in [1.29, 1.82) is 0 Å². The molecular formula is C11H9Cl2F3O2. The maximum absolute atomic E-state index is 12.2. The van der Waals surface area contributed by atoms with Crippen LogP contribution in [0.25, 0.3) is 0 Å². The third-order valence-electron chi connectivity index (χ3n) is 2.15. The molecule has 0 aliphatic carbocycles. The van der Waals surface area contributed by atoms with E-state index in [9.17, 15) is 18.0 Å². The number of halogens is 5. The fourth-order valence-electron chi connectivity index (χ4n) is 1.08. The zero-order chi connectivity index (χ0) is 13.9. The number of benzene rings is 1. The first kappa shape index (κ1) is 15.3. The fourth-order valence-corrected chi connectivity index (χ4v) is 1.48. The van der Waals surface area contributed by atoms with E-state index >= 15 is 0 Å². The molecular weight excluding hydrogens is 292 g/mol. The summed E-state index contributed by atoms with van der Waals surface area (Å²) in [6.07, 6.45) is -6.52. The van der Waals surface area contributed by atoms with Gasteiger partial charge in [0.1, 0.15) is 6.61 Å². The summed E-state index contributed by atoms with van der Waals surface area (Å²) in [4.78, 5) is 11.6. The van der Waals surface area contributed by atoms with E-state index in [1.807, 2.05) is 0 Å². The first-order valence-electron chi connectivity index (χ1n) is 4.88. The number of alkyl halides is 3. The van der Waals surface area contributed by atoms with Crippen molar-refractivity contribution in [3.8, 4) is 0 Å². The van der Waals surface area contributed by atoms with Crippen molar-refractivity contribution in [3.63, 3.8) is 0 Å². The Bertz CT molecular complexity index is 446. The van der Waals surface area contributed by atoms with Crippen molar-refractivity contribution in [2.75, 3.05) is 6.61 Å². The van der Waals surface area contributed by atoms with Crippen LogP contribution >= 0.6 is 23.2 Å². The average Bonchev–Trinajstić information content (AvgIpc) is 2.27. The highest BCUT2D eigenvalue weighted by molar-refractivity contribution is 6.35. The number of ether oxygens (including phenoxy) is 1. The van der Waals surface area contributed by atoms with Gasteiger partial charge in [-0.3, -0.25) is 4.79 Å². The van der Waals surface area contributed by atoms with Gasteiger partial charge in [0, 0.05) is 10.6 Å². The summed E-state index contributed by atoms with van der Waals surface area (Å²) >= 11 is 11.4. The molecule has 2 nitrogen and oxygen atoms in total. The minimum absolute atomic E-state index is 0.0403. The lowest BCUT2D eigenvalue weighted by Crippen LogP contribution is -2.30. The summed E-state index contributed by atoms with van der Waals surface area (Å²) in [7, 11) is 0. The molecule has 100 valence electrons. The van der Waals surface area contributed by atoms with Crippen molar-refractivity contribution in [3.05, 3.63) is 33.8 Å². The summed E-state index contributed by atoms with van der Waals surface area (Å²) < 4.78 is 40.9. The summed E-state index contributed by atoms with van der Waals surface area (Å²) in [5.41, 5.74) is 0.0403. The maximum Gasteiger partial charge on any atom is 0.414 e. The van der Waals surface area contributed by atoms with Crippen LogP contribution in [0.15, 0.2) is 18.2 Å². The second-order valence-electron chi connectivity index (χ2n) is 3.54. The summed E-state index contributed by atoms with van der Waals surface area (Å²) in [5.74, 6) is -0.654. The highest BCUT2D eigenvalue weighted by atomic mass is 35.5. The zero-order valence-electron chi connectivity index (χ0n) is 9.22. The Morgan fingerprint density at radius 2 is 2.00 bits per heavy atom. The van der Waals surface area contributed by atoms with E-state index in [0.717, 1.165) is 6.92 Å². The Morgan fingerprint density at radius 1 is 1.39 bits per heavy atom. The second kappa shape index (κ2) is 5.91. The van der Waals surface area contributed by atoms with Crippen molar-refractivity contribution in [2.24, 2.45) is 0 Å². The van der Waals surface area contributed by atoms with Gasteiger partial charge in [-0.05, 0) is 25.1 Å². The minimum Gasteiger partial charge on any atom is -0.361 e. The van der Waals surface area contributed by atoms with Gasteiger partial charge in [0.2, 0.25) is 0 Å². The molecule has 0 saturated heterocycles. The van der Waals surface area contributed by atoms with Gasteiger partial charge in [0.25, 0.3) is 0 Å². The molecule has 0 bridgehead atoms. The van der Waals surface area contributed by atoms with Crippen LogP contribution < -0.4 is 0 Å². The van der Waals surface area contributed by atoms with Crippen LogP contribution in [-0.4, -0.2) is 24.7 Å². The molecule has 7 heteroatoms. The molecule has 1 atom stereocenters. The molecule has 0 aromatic heterocycles. The molecule has 0 amide bonds. The fraction of sp³-hybridized carbons (Fsp3) is 0.364. The molecule has 1 aromatic carbocycles. The maximum atomic E-state index is 12.2. The molecule has 0 N–H and O–H groups in total. The number of carbonyl (C=O) groups excluding carboxylic acids is 1. The average molecular weight is 301 g/mol. The van der Waals surface area contributed by atoms with Gasteiger partial charge in [-0.2, -0.15) is 13.2 Å². The molecule has 0 aliphatic heterocycles. The number of carbonyl (C=O) groups is 1. The first-order valence-corrected chi connectivity index (χ1v) is 5.64. The Balaban J connectivity index is 2.69. The van der Waals surface area contributed by atoms with Crippen LogP contribution in [0.4, 0.5) is 13.2 Å². The predicted octanol–water partition coefficient (Wildman–Crippen LogP) is 4.14. The number of Topliss-reactive ketones (excluding diaryl/α,β-unsaturated/α-hetero) is 1. The van der Waals surface area contributed by atoms with E-state index in [1.165, 1.54) is 18.2 Å². The molecule has 0 fully saturated rings. The molecule has 0 aliphatic rings. The van der Waals surface area contributed by atoms with Gasteiger partial charge in [-0.1, -0.05) is 23.2 Å². The van der Waals surface area contributed by atoms with Gasteiger partial charge in [-0.25, -0.2) is 0 Å². The second-order valence-corrected chi connectivity index (χ2v) is 4.39. The van der Waals surface area contributed by atoms with Crippen molar-refractivity contribution >= 4 is 29.0 Å². The first-order chi connectivity index (χ1) is 8.21. The van der Waals surface area contributed by atoms with Crippen LogP contribution in [0.1, 0.15) is 17.3 Å². The SMILES string of the molecule is CC(OCC(=O)c1cc(Cl)ccc1Cl)C(F)(F)F. The van der Waals surface area contributed by atoms with Crippen LogP contribution in [-0.2, 0) is 4.74 Å². The molecule has 0 heterocycles. The van der Waals surface area contributed by atoms with Crippen molar-refractivity contribution < 1.29 is 22.7 Å². The Kier molecular flexibility index (Phi) is 5.01. The third-order valence-corrected chi connectivity index (χ3v) is 2.72. The predicted molar refractivity (Wildman–Crippen MR) is 62.3 cm³/mol. The van der Waals surface area contributed by atoms with E-state index in [4.69, 9.17) is 23.2 Å². The van der Waals surface area contributed by atoms with E-state index in [1.54, 1.807) is 0 Å². The lowest BCUT2D eigenvalue weighted by molar-refractivity contribution is -0.210. The van der Waals surface area contributed by atoms with E-state index in [0.29, 0.717) is 0 Å². The van der Waals surface area contributed by atoms with Crippen LogP contribution in [0, 0.1) is 0 Å². The van der Waals surface area contributed by atoms with Crippen LogP contribution in [0.5, 0.6) is 0 Å². The molecule has 0 saturated carbocycles. The van der Waals surface area contributed by atoms with E-state index < -0.39 is 24.7 Å². The zero-order valence-corrected chi connectivity index (χ0v) is 10.7. The number of ketones is 1. The number of rotatable bonds is 4. The molecule has 1 unspecified atom stereocenters. The molecule has 0 radical (unpaired) electrons. The third kappa shape index (κ3) is 4.15. The largest absolute Gasteiger partial charge is 0.414 e. The number of hydrogen-bond donors (Lipinski definition) is 0. The lowest BCUT2D eigenvalue weighted by atomic mass is 10.1. The normalized spacial score (nSPS) is 13.4. The Hall–Kier alpha value is -0.780. The minimum atomic E-state index is -4.50. The number of hydrogen-bond acceptors (Lipinski definition) is 2. The highest BCUT2D eigenvalue weighted by Gasteiger charge is 2.37. The lowest BCUT2D eigenvalue weighted by Gasteiger charge is -2.15. The Labute approximate surface area is 112 Å². The molecule has 18 heavy (non-hydrogen) atoms. The van der Waals surface area contributed by atoms with E-state index in [2.05, 4.69) is 4.74 Å². The molecule has 1 rings (SSSR count). The standard InChI is InChI=1S/C11H9Cl2F3O2/c1-6(11(14,15)16)18-5-10(17)8-4-7(12)2-3-9(8)13/h2-4,6H,5H2,1H3. The highest BCUT2D eigenvalue weighted by Crippen LogP contribution is 2.24. The van der Waals surface area contributed by atoms with Crippen LogP contribution in [0.3, 0.4) is 0 Å². The summed E-state index contributed by atoms with van der Waals surface area (Å²) in [6, 6.07) is 4.15. The van der Waals surface area contributed by atoms with Gasteiger partial charge < -0.3 is 4.74 Å². The molecule has 1 aromatic rings. The summed E-state index contributed by atoms with van der Waals surface area (Å²) in [6.45, 7) is 0.119. The monoisotopic (exact) mass is 300 g/mol. The van der Waals surface area contributed by atoms with Gasteiger partial charge in [0.05, 0.1) is 5.02 Å². The smallest absolute Gasteiger partial charge is 0.361 e. The summed E-state index contributed by atoms with van der Waals surface area (Å²) in [5, 5.41) is 0.388. The van der Waals surface area contributed by atoms with E-state index in [-0.39, 0.29) is 15.6 Å². The van der Waals surface area contributed by atoms with Crippen LogP contribution in [0.2, 0.25) is 10.0 Å².